The maximum atomic E-state index is 4.16. The molecule has 0 aromatic rings. The van der Waals surface area contributed by atoms with Crippen LogP contribution in [-0.4, -0.2) is 17.9 Å². The fourth-order valence-corrected chi connectivity index (χ4v) is 1.09. The molecule has 2 heteroatoms. The van der Waals surface area contributed by atoms with E-state index in [1.165, 1.54) is 32.1 Å². The van der Waals surface area contributed by atoms with E-state index in [1.807, 2.05) is 11.4 Å². The number of unbranched alkanes of at least 4 members (excludes halogenated alkanes) is 4. The lowest BCUT2D eigenvalue weighted by Gasteiger charge is -2.06. The Balaban J connectivity index is 2.77. The highest BCUT2D eigenvalue weighted by Gasteiger charge is 1.90. The van der Waals surface area contributed by atoms with Crippen molar-refractivity contribution in [2.45, 2.75) is 39.0 Å². The third kappa shape index (κ3) is 8.31. The molecule has 62 valence electrons. The van der Waals surface area contributed by atoms with Crippen LogP contribution >= 0.6 is 12.8 Å². The van der Waals surface area contributed by atoms with E-state index in [0.717, 1.165) is 6.54 Å². The quantitative estimate of drug-likeness (QED) is 0.463. The minimum absolute atomic E-state index is 1.12. The predicted molar refractivity (Wildman–Crippen MR) is 50.4 cm³/mol. The molecule has 0 fully saturated rings. The summed E-state index contributed by atoms with van der Waals surface area (Å²) in [6, 6.07) is 0. The van der Waals surface area contributed by atoms with Gasteiger partial charge in [0.2, 0.25) is 0 Å². The molecule has 0 aliphatic heterocycles. The lowest BCUT2D eigenvalue weighted by molar-refractivity contribution is 0.516. The molecule has 0 aliphatic carbocycles. The van der Waals surface area contributed by atoms with Crippen molar-refractivity contribution in [3.63, 3.8) is 0 Å². The van der Waals surface area contributed by atoms with Crippen molar-refractivity contribution in [3.8, 4) is 0 Å². The van der Waals surface area contributed by atoms with E-state index in [2.05, 4.69) is 19.7 Å². The summed E-state index contributed by atoms with van der Waals surface area (Å²) in [5, 5.41) is 0. The maximum absolute atomic E-state index is 4.16. The van der Waals surface area contributed by atoms with Crippen LogP contribution in [0.5, 0.6) is 0 Å². The summed E-state index contributed by atoms with van der Waals surface area (Å²) in [6.45, 7) is 3.36. The molecule has 0 aromatic carbocycles. The van der Waals surface area contributed by atoms with Crippen molar-refractivity contribution in [2.24, 2.45) is 0 Å². The molecule has 0 aromatic heterocycles. The Labute approximate surface area is 70.3 Å². The smallest absolute Gasteiger partial charge is 0.00838 e. The average molecular weight is 161 g/mol. The van der Waals surface area contributed by atoms with Crippen LogP contribution in [0, 0.1) is 0 Å². The molecular weight excluding hydrogens is 142 g/mol. The van der Waals surface area contributed by atoms with Gasteiger partial charge < -0.3 is 0 Å². The van der Waals surface area contributed by atoms with Crippen LogP contribution < -0.4 is 0 Å². The Bertz CT molecular complexity index is 64.3. The molecule has 0 aliphatic rings. The minimum atomic E-state index is 1.12. The highest BCUT2D eigenvalue weighted by molar-refractivity contribution is 7.77. The van der Waals surface area contributed by atoms with Crippen LogP contribution in [0.2, 0.25) is 0 Å². The van der Waals surface area contributed by atoms with Gasteiger partial charge in [0.05, 0.1) is 0 Å². The van der Waals surface area contributed by atoms with E-state index in [4.69, 9.17) is 0 Å². The summed E-state index contributed by atoms with van der Waals surface area (Å²) >= 11 is 4.16. The second kappa shape index (κ2) is 7.42. The van der Waals surface area contributed by atoms with E-state index < -0.39 is 0 Å². The van der Waals surface area contributed by atoms with Gasteiger partial charge in [-0.2, -0.15) is 0 Å². The summed E-state index contributed by atoms with van der Waals surface area (Å²) in [7, 11) is 2.00. The van der Waals surface area contributed by atoms with Crippen molar-refractivity contribution in [2.75, 3.05) is 13.6 Å². The van der Waals surface area contributed by atoms with E-state index in [9.17, 15) is 0 Å². The molecule has 1 nitrogen and oxygen atoms in total. The van der Waals surface area contributed by atoms with Gasteiger partial charge in [-0.1, -0.05) is 45.4 Å². The summed E-state index contributed by atoms with van der Waals surface area (Å²) in [4.78, 5) is 0. The number of hydrogen-bond acceptors (Lipinski definition) is 2. The topological polar surface area (TPSA) is 3.24 Å². The average Bonchev–Trinajstić information content (AvgIpc) is 1.87. The van der Waals surface area contributed by atoms with Gasteiger partial charge in [0, 0.05) is 6.54 Å². The number of hydrogen-bond donors (Lipinski definition) is 1. The van der Waals surface area contributed by atoms with E-state index in [0.29, 0.717) is 0 Å². The monoisotopic (exact) mass is 161 g/mol. The summed E-state index contributed by atoms with van der Waals surface area (Å²) in [5.41, 5.74) is 0. The largest absolute Gasteiger partial charge is 0.256 e. The molecule has 0 heterocycles. The molecule has 0 atom stereocenters. The van der Waals surface area contributed by atoms with Crippen molar-refractivity contribution >= 4 is 12.8 Å². The molecule has 10 heavy (non-hydrogen) atoms. The first-order valence-electron chi connectivity index (χ1n) is 4.17. The highest BCUT2D eigenvalue weighted by Crippen LogP contribution is 2.03. The lowest BCUT2D eigenvalue weighted by atomic mass is 10.1. The van der Waals surface area contributed by atoms with Crippen LogP contribution in [0.25, 0.3) is 0 Å². The Hall–Kier alpha value is 0.310. The van der Waals surface area contributed by atoms with Gasteiger partial charge in [0.25, 0.3) is 0 Å². The van der Waals surface area contributed by atoms with Gasteiger partial charge in [-0.25, -0.2) is 0 Å². The first-order chi connectivity index (χ1) is 4.77. The third-order valence-electron chi connectivity index (χ3n) is 1.59. The van der Waals surface area contributed by atoms with Gasteiger partial charge >= 0.3 is 0 Å². The fourth-order valence-electron chi connectivity index (χ4n) is 0.944. The number of rotatable bonds is 6. The Morgan fingerprint density at radius 2 is 1.70 bits per heavy atom. The van der Waals surface area contributed by atoms with Crippen LogP contribution in [0.1, 0.15) is 39.0 Å². The summed E-state index contributed by atoms with van der Waals surface area (Å²) < 4.78 is 1.95. The molecule has 0 spiro atoms. The lowest BCUT2D eigenvalue weighted by Crippen LogP contribution is -2.05. The second-order valence-corrected chi connectivity index (χ2v) is 3.48. The zero-order valence-electron chi connectivity index (χ0n) is 7.14. The van der Waals surface area contributed by atoms with Crippen LogP contribution in [0.3, 0.4) is 0 Å². The molecule has 0 saturated heterocycles. The molecule has 0 bridgehead atoms. The normalized spacial score (nSPS) is 10.8. The maximum Gasteiger partial charge on any atom is 0.00838 e. The highest BCUT2D eigenvalue weighted by atomic mass is 32.1. The number of thiol groups is 1. The van der Waals surface area contributed by atoms with Gasteiger partial charge in [-0.15, -0.1) is 0 Å². The van der Waals surface area contributed by atoms with Crippen LogP contribution in [0.4, 0.5) is 0 Å². The fraction of sp³-hybridized carbons (Fsp3) is 1.00. The van der Waals surface area contributed by atoms with E-state index in [-0.39, 0.29) is 0 Å². The molecular formula is C8H19NS. The first kappa shape index (κ1) is 10.3. The standard InChI is InChI=1S/C8H19NS/c1-3-4-5-6-7-8-9(2)10/h10H,3-8H2,1-2H3. The second-order valence-electron chi connectivity index (χ2n) is 2.80. The van der Waals surface area contributed by atoms with Gasteiger partial charge in [0.1, 0.15) is 0 Å². The van der Waals surface area contributed by atoms with Gasteiger partial charge in [-0.05, 0) is 13.5 Å². The van der Waals surface area contributed by atoms with Crippen molar-refractivity contribution in [3.05, 3.63) is 0 Å². The minimum Gasteiger partial charge on any atom is -0.256 e. The molecule has 0 rings (SSSR count). The van der Waals surface area contributed by atoms with Crippen LogP contribution in [-0.2, 0) is 0 Å². The number of nitrogens with zero attached hydrogens (tertiary/aromatic N) is 1. The summed E-state index contributed by atoms with van der Waals surface area (Å²) in [6.07, 6.45) is 6.75. The molecule has 0 N–H and O–H groups in total. The zero-order chi connectivity index (χ0) is 7.82. The van der Waals surface area contributed by atoms with Gasteiger partial charge in [0.15, 0.2) is 0 Å². The summed E-state index contributed by atoms with van der Waals surface area (Å²) in [5.74, 6) is 0. The van der Waals surface area contributed by atoms with Gasteiger partial charge in [-0.3, -0.25) is 4.31 Å². The van der Waals surface area contributed by atoms with E-state index >= 15 is 0 Å². The first-order valence-corrected chi connectivity index (χ1v) is 4.57. The third-order valence-corrected chi connectivity index (χ3v) is 1.79. The zero-order valence-corrected chi connectivity index (χ0v) is 8.03. The Kier molecular flexibility index (Phi) is 7.65. The molecule has 0 radical (unpaired) electrons. The van der Waals surface area contributed by atoms with E-state index in [1.54, 1.807) is 0 Å². The van der Waals surface area contributed by atoms with Crippen molar-refractivity contribution in [1.29, 1.82) is 0 Å². The molecule has 0 unspecified atom stereocenters. The molecule has 0 amide bonds. The Morgan fingerprint density at radius 3 is 2.20 bits per heavy atom. The Morgan fingerprint density at radius 1 is 1.10 bits per heavy atom. The SMILES string of the molecule is CCCCCCCN(C)S. The van der Waals surface area contributed by atoms with Crippen molar-refractivity contribution < 1.29 is 0 Å². The van der Waals surface area contributed by atoms with Crippen molar-refractivity contribution in [1.82, 2.24) is 4.31 Å². The van der Waals surface area contributed by atoms with Crippen LogP contribution in [0.15, 0.2) is 0 Å². The molecule has 0 saturated carbocycles. The predicted octanol–water partition coefficient (Wildman–Crippen LogP) is 2.73.